The van der Waals surface area contributed by atoms with Crippen molar-refractivity contribution < 1.29 is 13.2 Å². The summed E-state index contributed by atoms with van der Waals surface area (Å²) in [6.07, 6.45) is -2.27. The Morgan fingerprint density at radius 1 is 1.30 bits per heavy atom. The number of rotatable bonds is 3. The molecule has 1 saturated heterocycles. The van der Waals surface area contributed by atoms with Gasteiger partial charge in [-0.1, -0.05) is 15.9 Å². The van der Waals surface area contributed by atoms with Crippen molar-refractivity contribution in [2.45, 2.75) is 19.0 Å². The van der Waals surface area contributed by atoms with Crippen LogP contribution in [0.5, 0.6) is 0 Å². The summed E-state index contributed by atoms with van der Waals surface area (Å²) >= 11 is 3.22. The number of nitrogens with zero attached hydrogens (tertiary/aromatic N) is 1. The van der Waals surface area contributed by atoms with Crippen LogP contribution in [0.1, 0.15) is 18.4 Å². The van der Waals surface area contributed by atoms with Gasteiger partial charge in [0.2, 0.25) is 0 Å². The maximum atomic E-state index is 12.9. The summed E-state index contributed by atoms with van der Waals surface area (Å²) in [4.78, 5) is 2.25. The van der Waals surface area contributed by atoms with Crippen LogP contribution in [0.2, 0.25) is 0 Å². The fraction of sp³-hybridized carbons (Fsp3) is 0.571. The van der Waals surface area contributed by atoms with Crippen molar-refractivity contribution in [2.75, 3.05) is 32.0 Å². The Morgan fingerprint density at radius 3 is 2.55 bits per heavy atom. The first-order chi connectivity index (χ1) is 9.36. The second-order valence-electron chi connectivity index (χ2n) is 5.32. The van der Waals surface area contributed by atoms with E-state index in [1.807, 2.05) is 0 Å². The van der Waals surface area contributed by atoms with Gasteiger partial charge in [-0.05, 0) is 57.1 Å². The Bertz CT molecular complexity index is 454. The quantitative estimate of drug-likeness (QED) is 0.877. The summed E-state index contributed by atoms with van der Waals surface area (Å²) in [6.45, 7) is 2.61. The van der Waals surface area contributed by atoms with Gasteiger partial charge in [0.05, 0.1) is 5.56 Å². The van der Waals surface area contributed by atoms with Gasteiger partial charge in [0.15, 0.2) is 0 Å². The molecule has 1 heterocycles. The van der Waals surface area contributed by atoms with Crippen molar-refractivity contribution in [1.82, 2.24) is 4.90 Å². The zero-order chi connectivity index (χ0) is 14.8. The lowest BCUT2D eigenvalue weighted by Crippen LogP contribution is -2.33. The molecule has 0 saturated carbocycles. The van der Waals surface area contributed by atoms with Gasteiger partial charge in [0.25, 0.3) is 0 Å². The van der Waals surface area contributed by atoms with Gasteiger partial charge >= 0.3 is 6.18 Å². The zero-order valence-corrected chi connectivity index (χ0v) is 12.9. The number of piperidine rings is 1. The average Bonchev–Trinajstić information content (AvgIpc) is 2.36. The minimum Gasteiger partial charge on any atom is -0.384 e. The highest BCUT2D eigenvalue weighted by Gasteiger charge is 2.33. The maximum absolute atomic E-state index is 12.9. The number of hydrogen-bond donors (Lipinski definition) is 1. The van der Waals surface area contributed by atoms with Crippen molar-refractivity contribution in [2.24, 2.45) is 5.92 Å². The molecule has 1 fully saturated rings. The van der Waals surface area contributed by atoms with Crippen LogP contribution in [-0.4, -0.2) is 31.6 Å². The molecule has 0 spiro atoms. The number of anilines is 1. The zero-order valence-electron chi connectivity index (χ0n) is 11.3. The van der Waals surface area contributed by atoms with Crippen LogP contribution in [0, 0.1) is 5.92 Å². The highest BCUT2D eigenvalue weighted by Crippen LogP contribution is 2.36. The molecule has 0 radical (unpaired) electrons. The number of nitrogens with one attached hydrogen (secondary N) is 1. The van der Waals surface area contributed by atoms with Crippen LogP contribution in [0.3, 0.4) is 0 Å². The molecule has 1 aromatic rings. The molecular formula is C14H18BrF3N2. The van der Waals surface area contributed by atoms with Gasteiger partial charge in [-0.25, -0.2) is 0 Å². The normalized spacial score (nSPS) is 18.2. The lowest BCUT2D eigenvalue weighted by Gasteiger charge is -2.29. The highest BCUT2D eigenvalue weighted by atomic mass is 79.9. The van der Waals surface area contributed by atoms with Crippen molar-refractivity contribution in [3.05, 3.63) is 28.2 Å². The predicted octanol–water partition coefficient (Wildman–Crippen LogP) is 4.22. The van der Waals surface area contributed by atoms with Crippen molar-refractivity contribution in [1.29, 1.82) is 0 Å². The Hall–Kier alpha value is -0.750. The molecule has 1 aliphatic rings. The number of halogens is 4. The SMILES string of the molecule is CN1CCC(CNc2cc(Br)ccc2C(F)(F)F)CC1. The molecule has 1 aliphatic heterocycles. The maximum Gasteiger partial charge on any atom is 0.418 e. The molecule has 1 N–H and O–H groups in total. The molecule has 0 bridgehead atoms. The van der Waals surface area contributed by atoms with Crippen molar-refractivity contribution in [3.8, 4) is 0 Å². The van der Waals surface area contributed by atoms with Crippen LogP contribution >= 0.6 is 15.9 Å². The molecule has 2 nitrogen and oxygen atoms in total. The Labute approximate surface area is 125 Å². The van der Waals surface area contributed by atoms with Gasteiger partial charge in [0.1, 0.15) is 0 Å². The van der Waals surface area contributed by atoms with Gasteiger partial charge in [0, 0.05) is 16.7 Å². The highest BCUT2D eigenvalue weighted by molar-refractivity contribution is 9.10. The van der Waals surface area contributed by atoms with Crippen LogP contribution < -0.4 is 5.32 Å². The molecule has 0 atom stereocenters. The van der Waals surface area contributed by atoms with Crippen molar-refractivity contribution in [3.63, 3.8) is 0 Å². The van der Waals surface area contributed by atoms with Crippen LogP contribution in [0.4, 0.5) is 18.9 Å². The van der Waals surface area contributed by atoms with Gasteiger partial charge in [-0.3, -0.25) is 0 Å². The third kappa shape index (κ3) is 4.12. The van der Waals surface area contributed by atoms with E-state index in [1.165, 1.54) is 12.1 Å². The Balaban J connectivity index is 2.03. The van der Waals surface area contributed by atoms with Gasteiger partial charge in [-0.2, -0.15) is 13.2 Å². The summed E-state index contributed by atoms with van der Waals surface area (Å²) in [5, 5.41) is 2.98. The van der Waals surface area contributed by atoms with E-state index >= 15 is 0 Å². The van der Waals surface area contributed by atoms with Crippen LogP contribution in [0.25, 0.3) is 0 Å². The minimum absolute atomic E-state index is 0.158. The lowest BCUT2D eigenvalue weighted by atomic mass is 9.97. The molecular weight excluding hydrogens is 333 g/mol. The molecule has 112 valence electrons. The molecule has 6 heteroatoms. The predicted molar refractivity (Wildman–Crippen MR) is 77.9 cm³/mol. The van der Waals surface area contributed by atoms with E-state index < -0.39 is 11.7 Å². The average molecular weight is 351 g/mol. The standard InChI is InChI=1S/C14H18BrF3N2/c1-20-6-4-10(5-7-20)9-19-13-8-11(15)2-3-12(13)14(16,17)18/h2-3,8,10,19H,4-7,9H2,1H3. The first kappa shape index (κ1) is 15.6. The smallest absolute Gasteiger partial charge is 0.384 e. The monoisotopic (exact) mass is 350 g/mol. The number of likely N-dealkylation sites (tertiary alicyclic amines) is 1. The fourth-order valence-corrected chi connectivity index (χ4v) is 2.79. The second-order valence-corrected chi connectivity index (χ2v) is 6.23. The third-order valence-corrected chi connectivity index (χ3v) is 4.20. The van der Waals surface area contributed by atoms with E-state index in [-0.39, 0.29) is 5.69 Å². The largest absolute Gasteiger partial charge is 0.418 e. The topological polar surface area (TPSA) is 15.3 Å². The van der Waals surface area contributed by atoms with Crippen LogP contribution in [-0.2, 0) is 6.18 Å². The van der Waals surface area contributed by atoms with E-state index in [4.69, 9.17) is 0 Å². The third-order valence-electron chi connectivity index (χ3n) is 3.71. The number of hydrogen-bond acceptors (Lipinski definition) is 2. The summed E-state index contributed by atoms with van der Waals surface area (Å²) in [7, 11) is 2.07. The lowest BCUT2D eigenvalue weighted by molar-refractivity contribution is -0.137. The fourth-order valence-electron chi connectivity index (χ4n) is 2.43. The first-order valence-corrected chi connectivity index (χ1v) is 7.44. The van der Waals surface area contributed by atoms with Crippen LogP contribution in [0.15, 0.2) is 22.7 Å². The number of alkyl halides is 3. The molecule has 0 amide bonds. The minimum atomic E-state index is -4.32. The van der Waals surface area contributed by atoms with Gasteiger partial charge < -0.3 is 10.2 Å². The molecule has 2 rings (SSSR count). The first-order valence-electron chi connectivity index (χ1n) is 6.65. The Kier molecular flexibility index (Phi) is 4.96. The van der Waals surface area contributed by atoms with E-state index in [9.17, 15) is 13.2 Å². The van der Waals surface area contributed by atoms with E-state index in [0.717, 1.165) is 32.0 Å². The molecule has 0 aromatic heterocycles. The summed E-state index contributed by atoms with van der Waals surface area (Å²) in [6, 6.07) is 4.03. The van der Waals surface area contributed by atoms with E-state index in [1.54, 1.807) is 0 Å². The van der Waals surface area contributed by atoms with E-state index in [2.05, 4.69) is 33.2 Å². The second kappa shape index (κ2) is 6.35. The molecule has 1 aromatic carbocycles. The molecule has 0 unspecified atom stereocenters. The molecule has 0 aliphatic carbocycles. The van der Waals surface area contributed by atoms with Crippen molar-refractivity contribution >= 4 is 21.6 Å². The summed E-state index contributed by atoms with van der Waals surface area (Å²) in [5.74, 6) is 0.436. The van der Waals surface area contributed by atoms with E-state index in [0.29, 0.717) is 16.9 Å². The molecule has 20 heavy (non-hydrogen) atoms. The summed E-state index contributed by atoms with van der Waals surface area (Å²) in [5.41, 5.74) is -0.445. The van der Waals surface area contributed by atoms with Gasteiger partial charge in [-0.15, -0.1) is 0 Å². The summed E-state index contributed by atoms with van der Waals surface area (Å²) < 4.78 is 39.5. The Morgan fingerprint density at radius 2 is 1.95 bits per heavy atom. The number of benzene rings is 1.